The van der Waals surface area contributed by atoms with E-state index in [0.717, 1.165) is 18.6 Å². The first kappa shape index (κ1) is 14.6. The molecule has 3 N–H and O–H groups in total. The molecule has 0 unspecified atom stereocenters. The van der Waals surface area contributed by atoms with E-state index in [1.165, 1.54) is 11.6 Å². The quantitative estimate of drug-likeness (QED) is 0.775. The van der Waals surface area contributed by atoms with E-state index in [-0.39, 0.29) is 11.3 Å². The van der Waals surface area contributed by atoms with Crippen LogP contribution in [-0.2, 0) is 6.42 Å². The van der Waals surface area contributed by atoms with Gasteiger partial charge in [-0.3, -0.25) is 0 Å². The van der Waals surface area contributed by atoms with Crippen LogP contribution < -0.4 is 0 Å². The van der Waals surface area contributed by atoms with E-state index in [0.29, 0.717) is 0 Å². The topological polar surface area (TPSA) is 77.8 Å². The Balaban J connectivity index is 0.000000200. The zero-order chi connectivity index (χ0) is 14.3. The fraction of sp³-hybridized carbons (Fsp3) is 0.133. The summed E-state index contributed by atoms with van der Waals surface area (Å²) in [5.74, 6) is -1.81. The second-order valence-electron chi connectivity index (χ2n) is 3.85. The third-order valence-electron chi connectivity index (χ3n) is 2.46. The first-order valence-electron chi connectivity index (χ1n) is 5.83. The van der Waals surface area contributed by atoms with Gasteiger partial charge in [0.15, 0.2) is 0 Å². The zero-order valence-electron chi connectivity index (χ0n) is 10.6. The lowest BCUT2D eigenvalue weighted by molar-refractivity contribution is 0.0693. The van der Waals surface area contributed by atoms with Crippen LogP contribution in [0.4, 0.5) is 0 Å². The lowest BCUT2D eigenvalue weighted by Crippen LogP contribution is -1.95. The summed E-state index contributed by atoms with van der Waals surface area (Å²) in [5, 5.41) is 26.1. The van der Waals surface area contributed by atoms with Crippen molar-refractivity contribution in [2.75, 3.05) is 0 Å². The number of benzene rings is 2. The molecule has 0 bridgehead atoms. The Labute approximate surface area is 111 Å². The van der Waals surface area contributed by atoms with Gasteiger partial charge in [0.05, 0.1) is 0 Å². The SMILES string of the molecule is CCc1ccccc1.O=C(O)c1ccc(O)cc1O. The van der Waals surface area contributed by atoms with Crippen molar-refractivity contribution in [3.63, 3.8) is 0 Å². The number of carboxylic acid groups (broad SMARTS) is 1. The van der Waals surface area contributed by atoms with Gasteiger partial charge < -0.3 is 15.3 Å². The number of aryl methyl sites for hydroxylation is 1. The molecule has 100 valence electrons. The van der Waals surface area contributed by atoms with Gasteiger partial charge in [-0.1, -0.05) is 37.3 Å². The molecule has 2 rings (SSSR count). The summed E-state index contributed by atoms with van der Waals surface area (Å²) < 4.78 is 0. The average molecular weight is 260 g/mol. The maximum atomic E-state index is 10.3. The van der Waals surface area contributed by atoms with Gasteiger partial charge in [0.25, 0.3) is 0 Å². The molecule has 0 heterocycles. The molecule has 0 aliphatic carbocycles. The highest BCUT2D eigenvalue weighted by Crippen LogP contribution is 2.21. The summed E-state index contributed by atoms with van der Waals surface area (Å²) in [6.45, 7) is 2.16. The molecule has 4 nitrogen and oxygen atoms in total. The monoisotopic (exact) mass is 260 g/mol. The Morgan fingerprint density at radius 3 is 2.11 bits per heavy atom. The number of aromatic carboxylic acids is 1. The number of phenolic OH excluding ortho intramolecular Hbond substituents is 1. The van der Waals surface area contributed by atoms with E-state index in [9.17, 15) is 4.79 Å². The van der Waals surface area contributed by atoms with Crippen LogP contribution in [0.2, 0.25) is 0 Å². The summed E-state index contributed by atoms with van der Waals surface area (Å²) >= 11 is 0. The van der Waals surface area contributed by atoms with Crippen LogP contribution in [0.3, 0.4) is 0 Å². The fourth-order valence-electron chi connectivity index (χ4n) is 1.41. The van der Waals surface area contributed by atoms with Crippen molar-refractivity contribution in [1.82, 2.24) is 0 Å². The van der Waals surface area contributed by atoms with Gasteiger partial charge in [0, 0.05) is 6.07 Å². The van der Waals surface area contributed by atoms with Gasteiger partial charge in [-0.15, -0.1) is 0 Å². The molecule has 2 aromatic rings. The third-order valence-corrected chi connectivity index (χ3v) is 2.46. The maximum Gasteiger partial charge on any atom is 0.339 e. The van der Waals surface area contributed by atoms with E-state index in [2.05, 4.69) is 31.2 Å². The van der Waals surface area contributed by atoms with Crippen molar-refractivity contribution in [3.8, 4) is 11.5 Å². The van der Waals surface area contributed by atoms with E-state index >= 15 is 0 Å². The first-order valence-corrected chi connectivity index (χ1v) is 5.83. The number of aromatic hydroxyl groups is 2. The van der Waals surface area contributed by atoms with Gasteiger partial charge in [-0.25, -0.2) is 4.79 Å². The molecule has 0 amide bonds. The lowest BCUT2D eigenvalue weighted by atomic mass is 10.2. The van der Waals surface area contributed by atoms with Crippen LogP contribution >= 0.6 is 0 Å². The van der Waals surface area contributed by atoms with Crippen LogP contribution in [0.15, 0.2) is 48.5 Å². The minimum atomic E-state index is -1.22. The summed E-state index contributed by atoms with van der Waals surface area (Å²) in [6, 6.07) is 13.8. The lowest BCUT2D eigenvalue weighted by Gasteiger charge is -1.97. The number of carboxylic acids is 1. The smallest absolute Gasteiger partial charge is 0.339 e. The standard InChI is InChI=1S/C8H10.C7H6O4/c1-2-8-6-4-3-5-7-8;8-4-1-2-5(7(10)11)6(9)3-4/h3-7H,2H2,1H3;1-3,8-9H,(H,10,11). The predicted octanol–water partition coefficient (Wildman–Crippen LogP) is 3.05. The van der Waals surface area contributed by atoms with Crippen molar-refractivity contribution >= 4 is 5.97 Å². The van der Waals surface area contributed by atoms with Crippen molar-refractivity contribution in [2.24, 2.45) is 0 Å². The largest absolute Gasteiger partial charge is 0.508 e. The second kappa shape index (κ2) is 7.06. The van der Waals surface area contributed by atoms with Gasteiger partial charge >= 0.3 is 5.97 Å². The van der Waals surface area contributed by atoms with Gasteiger partial charge in [-0.05, 0) is 24.1 Å². The molecule has 2 aromatic carbocycles. The molecule has 0 spiro atoms. The zero-order valence-corrected chi connectivity index (χ0v) is 10.6. The van der Waals surface area contributed by atoms with E-state index < -0.39 is 11.7 Å². The first-order chi connectivity index (χ1) is 9.04. The summed E-state index contributed by atoms with van der Waals surface area (Å²) in [6.07, 6.45) is 1.14. The second-order valence-corrected chi connectivity index (χ2v) is 3.85. The average Bonchev–Trinajstić information content (AvgIpc) is 2.40. The fourth-order valence-corrected chi connectivity index (χ4v) is 1.41. The molecule has 0 saturated heterocycles. The third kappa shape index (κ3) is 4.71. The Kier molecular flexibility index (Phi) is 5.41. The molecular formula is C15H16O4. The van der Waals surface area contributed by atoms with Crippen molar-refractivity contribution in [3.05, 3.63) is 59.7 Å². The van der Waals surface area contributed by atoms with Crippen LogP contribution in [0.5, 0.6) is 11.5 Å². The minimum Gasteiger partial charge on any atom is -0.508 e. The van der Waals surface area contributed by atoms with Crippen LogP contribution in [0.1, 0.15) is 22.8 Å². The Morgan fingerprint density at radius 2 is 1.68 bits per heavy atom. The van der Waals surface area contributed by atoms with Gasteiger partial charge in [0.2, 0.25) is 0 Å². The van der Waals surface area contributed by atoms with Crippen molar-refractivity contribution < 1.29 is 20.1 Å². The highest BCUT2D eigenvalue weighted by atomic mass is 16.4. The molecule has 0 aliphatic rings. The van der Waals surface area contributed by atoms with Crippen molar-refractivity contribution in [1.29, 1.82) is 0 Å². The molecular weight excluding hydrogens is 244 g/mol. The molecule has 0 aromatic heterocycles. The van der Waals surface area contributed by atoms with Crippen LogP contribution in [0.25, 0.3) is 0 Å². The summed E-state index contributed by atoms with van der Waals surface area (Å²) in [5.41, 5.74) is 1.19. The Morgan fingerprint density at radius 1 is 1.05 bits per heavy atom. The minimum absolute atomic E-state index is 0.160. The van der Waals surface area contributed by atoms with Gasteiger partial charge in [-0.2, -0.15) is 0 Å². The molecule has 0 fully saturated rings. The molecule has 0 atom stereocenters. The molecule has 19 heavy (non-hydrogen) atoms. The number of phenols is 2. The Bertz CT molecular complexity index is 535. The van der Waals surface area contributed by atoms with Crippen molar-refractivity contribution in [2.45, 2.75) is 13.3 Å². The molecule has 0 aliphatic heterocycles. The molecule has 4 heteroatoms. The van der Waals surface area contributed by atoms with E-state index in [1.807, 2.05) is 6.07 Å². The van der Waals surface area contributed by atoms with Crippen LogP contribution in [-0.4, -0.2) is 21.3 Å². The van der Waals surface area contributed by atoms with E-state index in [1.54, 1.807) is 0 Å². The van der Waals surface area contributed by atoms with E-state index in [4.69, 9.17) is 15.3 Å². The normalized spacial score (nSPS) is 9.32. The Hall–Kier alpha value is -2.49. The van der Waals surface area contributed by atoms with Gasteiger partial charge in [0.1, 0.15) is 17.1 Å². The number of hydrogen-bond acceptors (Lipinski definition) is 3. The van der Waals surface area contributed by atoms with Crippen LogP contribution in [0, 0.1) is 0 Å². The summed E-state index contributed by atoms with van der Waals surface area (Å²) in [7, 11) is 0. The number of carbonyl (C=O) groups is 1. The number of hydrogen-bond donors (Lipinski definition) is 3. The predicted molar refractivity (Wildman–Crippen MR) is 72.6 cm³/mol. The highest BCUT2D eigenvalue weighted by molar-refractivity contribution is 5.90. The maximum absolute atomic E-state index is 10.3. The molecule has 0 radical (unpaired) electrons. The highest BCUT2D eigenvalue weighted by Gasteiger charge is 2.08. The molecule has 0 saturated carbocycles. The number of rotatable bonds is 2. The summed E-state index contributed by atoms with van der Waals surface area (Å²) in [4.78, 5) is 10.3.